The van der Waals surface area contributed by atoms with Gasteiger partial charge >= 0.3 is 6.18 Å². The van der Waals surface area contributed by atoms with Crippen molar-refractivity contribution in [1.29, 1.82) is 0 Å². The van der Waals surface area contributed by atoms with Gasteiger partial charge in [0.1, 0.15) is 29.5 Å². The van der Waals surface area contributed by atoms with Gasteiger partial charge in [-0.1, -0.05) is 30.0 Å². The van der Waals surface area contributed by atoms with Gasteiger partial charge in [-0.15, -0.1) is 0 Å². The van der Waals surface area contributed by atoms with Gasteiger partial charge in [-0.05, 0) is 42.2 Å². The number of para-hydroxylation sites is 1. The summed E-state index contributed by atoms with van der Waals surface area (Å²) >= 11 is 1.01. The SMILES string of the molecule is O=C1NC(=O)C([C@@H]2CCc3cc(OC4CCN(CC(F)(F)F)c5c(F)cccc54)ccc32)S1. The van der Waals surface area contributed by atoms with Crippen molar-refractivity contribution >= 4 is 28.6 Å². The average molecular weight is 480 g/mol. The number of rotatable bonds is 4. The Bertz CT molecular complexity index is 1120. The fourth-order valence-corrected chi connectivity index (χ4v) is 5.98. The Morgan fingerprint density at radius 1 is 1.12 bits per heavy atom. The van der Waals surface area contributed by atoms with Crippen molar-refractivity contribution in [3.8, 4) is 5.75 Å². The first-order valence-corrected chi connectivity index (χ1v) is 11.5. The summed E-state index contributed by atoms with van der Waals surface area (Å²) in [6.45, 7) is -1.20. The molecule has 174 valence electrons. The van der Waals surface area contributed by atoms with Crippen LogP contribution < -0.4 is 15.0 Å². The highest BCUT2D eigenvalue weighted by Gasteiger charge is 2.41. The summed E-state index contributed by atoms with van der Waals surface area (Å²) in [6, 6.07) is 9.74. The van der Waals surface area contributed by atoms with E-state index in [1.54, 1.807) is 12.1 Å². The molecule has 33 heavy (non-hydrogen) atoms. The van der Waals surface area contributed by atoms with Gasteiger partial charge in [0.05, 0.1) is 5.69 Å². The summed E-state index contributed by atoms with van der Waals surface area (Å²) in [5.74, 6) is -0.499. The van der Waals surface area contributed by atoms with Crippen LogP contribution in [0.1, 0.15) is 41.6 Å². The highest BCUT2D eigenvalue weighted by molar-refractivity contribution is 8.15. The summed E-state index contributed by atoms with van der Waals surface area (Å²) in [6.07, 6.45) is -3.27. The number of imide groups is 1. The molecular weight excluding hydrogens is 460 g/mol. The number of aryl methyl sites for hydroxylation is 1. The number of alkyl halides is 3. The van der Waals surface area contributed by atoms with Gasteiger partial charge in [-0.2, -0.15) is 13.2 Å². The van der Waals surface area contributed by atoms with Gasteiger partial charge in [0.15, 0.2) is 0 Å². The fraction of sp³-hybridized carbons (Fsp3) is 0.391. The van der Waals surface area contributed by atoms with E-state index in [1.165, 1.54) is 6.07 Å². The number of carbonyl (C=O) groups is 2. The van der Waals surface area contributed by atoms with E-state index in [2.05, 4.69) is 5.32 Å². The van der Waals surface area contributed by atoms with Gasteiger partial charge in [0, 0.05) is 24.4 Å². The van der Waals surface area contributed by atoms with Crippen molar-refractivity contribution in [2.75, 3.05) is 18.0 Å². The molecule has 5 nitrogen and oxygen atoms in total. The minimum Gasteiger partial charge on any atom is -0.486 e. The van der Waals surface area contributed by atoms with Gasteiger partial charge in [0.25, 0.3) is 5.24 Å². The first kappa shape index (κ1) is 22.1. The molecule has 0 spiro atoms. The van der Waals surface area contributed by atoms with E-state index in [0.717, 1.165) is 46.7 Å². The number of carbonyl (C=O) groups excluding carboxylic acids is 2. The lowest BCUT2D eigenvalue weighted by Gasteiger charge is -2.36. The third kappa shape index (κ3) is 4.28. The molecular formula is C23H20F4N2O3S. The molecule has 0 aromatic heterocycles. The van der Waals surface area contributed by atoms with Gasteiger partial charge in [-0.25, -0.2) is 4.39 Å². The van der Waals surface area contributed by atoms with Crippen molar-refractivity contribution < 1.29 is 31.9 Å². The van der Waals surface area contributed by atoms with Crippen LogP contribution in [0.5, 0.6) is 5.75 Å². The fourth-order valence-electron chi connectivity index (χ4n) is 4.98. The number of halogens is 4. The number of anilines is 1. The van der Waals surface area contributed by atoms with Gasteiger partial charge < -0.3 is 9.64 Å². The lowest BCUT2D eigenvalue weighted by Crippen LogP contribution is -2.40. The highest BCUT2D eigenvalue weighted by Crippen LogP contribution is 2.44. The molecule has 1 fully saturated rings. The Morgan fingerprint density at radius 2 is 1.94 bits per heavy atom. The molecule has 1 aliphatic carbocycles. The maximum Gasteiger partial charge on any atom is 0.405 e. The normalized spacial score (nSPS) is 24.5. The third-order valence-corrected chi connectivity index (χ3v) is 7.43. The van der Waals surface area contributed by atoms with Gasteiger partial charge in [-0.3, -0.25) is 14.9 Å². The second-order valence-electron chi connectivity index (χ2n) is 8.43. The van der Waals surface area contributed by atoms with Crippen LogP contribution in [0.25, 0.3) is 0 Å². The number of nitrogens with one attached hydrogen (secondary N) is 1. The standard InChI is InChI=1S/C23H20F4N2O3S/c24-17-3-1-2-16-18(8-9-29(19(16)17)11-23(25,26)27)32-13-5-7-14-12(10-13)4-6-15(14)20-21(30)28-22(31)33-20/h1-3,5,7,10,15,18,20H,4,6,8-9,11H2,(H,28,30,31)/t15-,18?,20?/m1/s1. The van der Waals surface area contributed by atoms with E-state index in [1.807, 2.05) is 12.1 Å². The maximum atomic E-state index is 14.5. The number of thioether (sulfide) groups is 1. The van der Waals surface area contributed by atoms with Crippen LogP contribution in [-0.2, 0) is 11.2 Å². The van der Waals surface area contributed by atoms with E-state index >= 15 is 0 Å². The number of fused-ring (bicyclic) bond motifs is 2. The molecule has 3 atom stereocenters. The molecule has 0 bridgehead atoms. The second-order valence-corrected chi connectivity index (χ2v) is 9.54. The molecule has 2 aromatic carbocycles. The minimum atomic E-state index is -4.44. The Hall–Kier alpha value is -2.75. The molecule has 1 N–H and O–H groups in total. The smallest absolute Gasteiger partial charge is 0.405 e. The number of hydrogen-bond acceptors (Lipinski definition) is 5. The molecule has 1 saturated heterocycles. The Kier molecular flexibility index (Phi) is 5.50. The Balaban J connectivity index is 1.37. The molecule has 2 amide bonds. The molecule has 2 aliphatic heterocycles. The van der Waals surface area contributed by atoms with Crippen LogP contribution in [0, 0.1) is 5.82 Å². The van der Waals surface area contributed by atoms with Crippen molar-refractivity contribution in [3.05, 3.63) is 58.9 Å². The van der Waals surface area contributed by atoms with E-state index in [9.17, 15) is 27.2 Å². The number of nitrogens with zero attached hydrogens (tertiary/aromatic N) is 1. The van der Waals surface area contributed by atoms with Crippen LogP contribution in [0.15, 0.2) is 36.4 Å². The van der Waals surface area contributed by atoms with Crippen molar-refractivity contribution in [3.63, 3.8) is 0 Å². The predicted molar refractivity (Wildman–Crippen MR) is 115 cm³/mol. The second kappa shape index (κ2) is 8.23. The molecule has 2 aromatic rings. The Morgan fingerprint density at radius 3 is 2.67 bits per heavy atom. The zero-order valence-corrected chi connectivity index (χ0v) is 18.1. The maximum absolute atomic E-state index is 14.5. The van der Waals surface area contributed by atoms with Crippen LogP contribution in [0.3, 0.4) is 0 Å². The van der Waals surface area contributed by atoms with Crippen LogP contribution in [0.4, 0.5) is 28.0 Å². The summed E-state index contributed by atoms with van der Waals surface area (Å²) in [5.41, 5.74) is 2.33. The van der Waals surface area contributed by atoms with Crippen LogP contribution in [-0.4, -0.2) is 35.7 Å². The molecule has 0 saturated carbocycles. The van der Waals surface area contributed by atoms with Gasteiger partial charge in [0.2, 0.25) is 5.91 Å². The van der Waals surface area contributed by atoms with E-state index in [0.29, 0.717) is 11.3 Å². The van der Waals surface area contributed by atoms with Crippen molar-refractivity contribution in [2.24, 2.45) is 0 Å². The third-order valence-electron chi connectivity index (χ3n) is 6.31. The number of benzene rings is 2. The molecule has 3 aliphatic rings. The summed E-state index contributed by atoms with van der Waals surface area (Å²) in [7, 11) is 0. The van der Waals surface area contributed by atoms with Crippen LogP contribution >= 0.6 is 11.8 Å². The predicted octanol–water partition coefficient (Wildman–Crippen LogP) is 5.10. The summed E-state index contributed by atoms with van der Waals surface area (Å²) in [5, 5.41) is 1.55. The lowest BCUT2D eigenvalue weighted by molar-refractivity contribution is -0.120. The zero-order chi connectivity index (χ0) is 23.3. The molecule has 2 heterocycles. The quantitative estimate of drug-likeness (QED) is 0.618. The topological polar surface area (TPSA) is 58.6 Å². The average Bonchev–Trinajstić information content (AvgIpc) is 3.30. The first-order chi connectivity index (χ1) is 15.7. The van der Waals surface area contributed by atoms with Crippen LogP contribution in [0.2, 0.25) is 0 Å². The Labute approximate surface area is 191 Å². The highest BCUT2D eigenvalue weighted by atomic mass is 32.2. The molecule has 10 heteroatoms. The van der Waals surface area contributed by atoms with Crippen molar-refractivity contribution in [2.45, 2.75) is 42.7 Å². The largest absolute Gasteiger partial charge is 0.486 e. The first-order valence-electron chi connectivity index (χ1n) is 10.6. The molecule has 2 unspecified atom stereocenters. The zero-order valence-electron chi connectivity index (χ0n) is 17.3. The molecule has 5 rings (SSSR count). The molecule has 0 radical (unpaired) electrons. The minimum absolute atomic E-state index is 0.0210. The van der Waals surface area contributed by atoms with Crippen molar-refractivity contribution in [1.82, 2.24) is 5.32 Å². The lowest BCUT2D eigenvalue weighted by atomic mass is 9.96. The van der Waals surface area contributed by atoms with E-state index in [4.69, 9.17) is 4.74 Å². The van der Waals surface area contributed by atoms with E-state index in [-0.39, 0.29) is 35.7 Å². The number of hydrogen-bond donors (Lipinski definition) is 1. The summed E-state index contributed by atoms with van der Waals surface area (Å²) < 4.78 is 59.6. The summed E-state index contributed by atoms with van der Waals surface area (Å²) in [4.78, 5) is 24.7. The van der Waals surface area contributed by atoms with E-state index < -0.39 is 29.9 Å². The number of amides is 2. The monoisotopic (exact) mass is 480 g/mol. The number of ether oxygens (including phenoxy) is 1.